The van der Waals surface area contributed by atoms with Crippen LogP contribution in [0.2, 0.25) is 0 Å². The molecule has 0 aliphatic heterocycles. The molecule has 0 fully saturated rings. The largest absolute Gasteiger partial charge is 0.470 e. The molecule has 4 nitrogen and oxygen atoms in total. The van der Waals surface area contributed by atoms with Crippen molar-refractivity contribution < 1.29 is 14.0 Å². The number of benzene rings is 1. The van der Waals surface area contributed by atoms with Crippen LogP contribution in [-0.4, -0.2) is 12.3 Å². The van der Waals surface area contributed by atoms with Crippen molar-refractivity contribution in [3.05, 3.63) is 57.9 Å². The highest BCUT2D eigenvalue weighted by Gasteiger charge is 2.21. The predicted octanol–water partition coefficient (Wildman–Crippen LogP) is 3.73. The Bertz CT molecular complexity index is 539. The summed E-state index contributed by atoms with van der Waals surface area (Å²) in [6, 6.07) is 9.90. The van der Waals surface area contributed by atoms with Crippen LogP contribution in [0.1, 0.15) is 17.4 Å². The molecular formula is C14H14INO3. The number of methoxy groups -OCH3 is 1. The van der Waals surface area contributed by atoms with E-state index in [0.717, 1.165) is 9.13 Å². The van der Waals surface area contributed by atoms with E-state index in [0.29, 0.717) is 18.2 Å². The highest BCUT2D eigenvalue weighted by atomic mass is 127. The summed E-state index contributed by atoms with van der Waals surface area (Å²) < 4.78 is 16.9. The first-order valence-corrected chi connectivity index (χ1v) is 6.81. The van der Waals surface area contributed by atoms with E-state index >= 15 is 0 Å². The monoisotopic (exact) mass is 371 g/mol. The maximum atomic E-state index is 5.64. The summed E-state index contributed by atoms with van der Waals surface area (Å²) in [6.07, 6.45) is 1.34. The lowest BCUT2D eigenvalue weighted by atomic mass is 10.2. The third-order valence-corrected chi connectivity index (χ3v) is 3.57. The van der Waals surface area contributed by atoms with Crippen LogP contribution >= 0.6 is 22.6 Å². The first-order valence-electron chi connectivity index (χ1n) is 5.73. The minimum atomic E-state index is -0.312. The summed E-state index contributed by atoms with van der Waals surface area (Å²) in [6.45, 7) is 4.15. The second-order valence-corrected chi connectivity index (χ2v) is 4.91. The molecule has 100 valence electrons. The van der Waals surface area contributed by atoms with E-state index in [1.807, 2.05) is 30.3 Å². The van der Waals surface area contributed by atoms with Crippen LogP contribution in [0, 0.1) is 3.57 Å². The molecule has 1 aromatic carbocycles. The number of aromatic nitrogens is 1. The van der Waals surface area contributed by atoms with Gasteiger partial charge in [-0.3, -0.25) is 0 Å². The fourth-order valence-corrected chi connectivity index (χ4v) is 2.24. The number of hydrogen-bond acceptors (Lipinski definition) is 4. The Balaban J connectivity index is 2.08. The summed E-state index contributed by atoms with van der Waals surface area (Å²) in [5.41, 5.74) is 1.08. The van der Waals surface area contributed by atoms with Gasteiger partial charge in [0, 0.05) is 7.11 Å². The second-order valence-electron chi connectivity index (χ2n) is 3.83. The molecule has 2 rings (SSSR count). The van der Waals surface area contributed by atoms with Gasteiger partial charge in [0.25, 0.3) is 5.88 Å². The number of nitrogens with zero attached hydrogens (tertiary/aromatic N) is 1. The van der Waals surface area contributed by atoms with Crippen LogP contribution in [0.3, 0.4) is 0 Å². The van der Waals surface area contributed by atoms with Gasteiger partial charge in [-0.25, -0.2) is 0 Å². The van der Waals surface area contributed by atoms with Crippen molar-refractivity contribution in [3.63, 3.8) is 0 Å². The molecule has 0 saturated heterocycles. The van der Waals surface area contributed by atoms with Crippen molar-refractivity contribution in [2.75, 3.05) is 7.11 Å². The Morgan fingerprint density at radius 2 is 2.16 bits per heavy atom. The summed E-state index contributed by atoms with van der Waals surface area (Å²) in [7, 11) is 1.59. The number of halogens is 1. The minimum Gasteiger partial charge on any atom is -0.470 e. The van der Waals surface area contributed by atoms with Crippen LogP contribution in [0.5, 0.6) is 5.88 Å². The highest BCUT2D eigenvalue weighted by Crippen LogP contribution is 2.30. The topological polar surface area (TPSA) is 44.5 Å². The summed E-state index contributed by atoms with van der Waals surface area (Å²) >= 11 is 2.13. The Kier molecular flexibility index (Phi) is 4.98. The molecule has 0 bridgehead atoms. The van der Waals surface area contributed by atoms with E-state index in [1.54, 1.807) is 13.2 Å². The van der Waals surface area contributed by atoms with E-state index < -0.39 is 0 Å². The van der Waals surface area contributed by atoms with Gasteiger partial charge in [-0.2, -0.15) is 0 Å². The standard InChI is InChI=1S/C14H14INO3/c1-3-11(17-2)13-12(15)14(16-19-13)18-9-10-7-5-4-6-8-10/h3-8,11H,1,9H2,2H3/t11-/m0/s1. The molecule has 0 N–H and O–H groups in total. The molecular weight excluding hydrogens is 357 g/mol. The third kappa shape index (κ3) is 3.36. The lowest BCUT2D eigenvalue weighted by molar-refractivity contribution is 0.114. The van der Waals surface area contributed by atoms with Gasteiger partial charge in [-0.15, -0.1) is 6.58 Å². The van der Waals surface area contributed by atoms with Gasteiger partial charge < -0.3 is 14.0 Å². The molecule has 0 unspecified atom stereocenters. The molecule has 19 heavy (non-hydrogen) atoms. The molecule has 0 amide bonds. The van der Waals surface area contributed by atoms with E-state index in [1.165, 1.54) is 0 Å². The first kappa shape index (κ1) is 14.1. The van der Waals surface area contributed by atoms with Crippen LogP contribution in [0.15, 0.2) is 47.5 Å². The molecule has 0 aliphatic rings. The summed E-state index contributed by atoms with van der Waals surface area (Å²) in [4.78, 5) is 0. The second kappa shape index (κ2) is 6.72. The Labute approximate surface area is 125 Å². The minimum absolute atomic E-state index is 0.312. The van der Waals surface area contributed by atoms with Crippen LogP contribution in [0.25, 0.3) is 0 Å². The zero-order valence-corrected chi connectivity index (χ0v) is 12.7. The number of ether oxygens (including phenoxy) is 2. The van der Waals surface area contributed by atoms with Gasteiger partial charge >= 0.3 is 0 Å². The van der Waals surface area contributed by atoms with Crippen molar-refractivity contribution >= 4 is 22.6 Å². The van der Waals surface area contributed by atoms with E-state index in [-0.39, 0.29) is 6.10 Å². The van der Waals surface area contributed by atoms with Gasteiger partial charge in [0.1, 0.15) is 16.3 Å². The third-order valence-electron chi connectivity index (χ3n) is 2.58. The molecule has 0 spiro atoms. The van der Waals surface area contributed by atoms with Gasteiger partial charge in [0.05, 0.1) is 0 Å². The van der Waals surface area contributed by atoms with Gasteiger partial charge in [-0.1, -0.05) is 36.4 Å². The number of rotatable bonds is 6. The lowest BCUT2D eigenvalue weighted by Crippen LogP contribution is -1.99. The Morgan fingerprint density at radius 3 is 2.79 bits per heavy atom. The van der Waals surface area contributed by atoms with E-state index in [4.69, 9.17) is 14.0 Å². The van der Waals surface area contributed by atoms with Crippen LogP contribution in [-0.2, 0) is 11.3 Å². The smallest absolute Gasteiger partial charge is 0.268 e. The Morgan fingerprint density at radius 1 is 1.42 bits per heavy atom. The zero-order valence-electron chi connectivity index (χ0n) is 10.5. The molecule has 0 aliphatic carbocycles. The maximum absolute atomic E-state index is 5.64. The molecule has 0 saturated carbocycles. The van der Waals surface area contributed by atoms with Crippen molar-refractivity contribution in [3.8, 4) is 5.88 Å². The average Bonchev–Trinajstić information content (AvgIpc) is 2.81. The van der Waals surface area contributed by atoms with Gasteiger partial charge in [0.15, 0.2) is 5.76 Å². The highest BCUT2D eigenvalue weighted by molar-refractivity contribution is 14.1. The van der Waals surface area contributed by atoms with Crippen molar-refractivity contribution in [2.45, 2.75) is 12.7 Å². The zero-order chi connectivity index (χ0) is 13.7. The predicted molar refractivity (Wildman–Crippen MR) is 79.9 cm³/mol. The lowest BCUT2D eigenvalue weighted by Gasteiger charge is -2.06. The van der Waals surface area contributed by atoms with Crippen molar-refractivity contribution in [1.29, 1.82) is 0 Å². The molecule has 1 heterocycles. The molecule has 5 heteroatoms. The molecule has 1 atom stereocenters. The average molecular weight is 371 g/mol. The first-order chi connectivity index (χ1) is 9.26. The van der Waals surface area contributed by atoms with Crippen LogP contribution in [0.4, 0.5) is 0 Å². The summed E-state index contributed by atoms with van der Waals surface area (Å²) in [5, 5.41) is 3.92. The fraction of sp³-hybridized carbons (Fsp3) is 0.214. The Hall–Kier alpha value is -1.34. The molecule has 0 radical (unpaired) electrons. The maximum Gasteiger partial charge on any atom is 0.268 e. The van der Waals surface area contributed by atoms with E-state index in [9.17, 15) is 0 Å². The fourth-order valence-electron chi connectivity index (χ4n) is 1.58. The quantitative estimate of drug-likeness (QED) is 0.574. The number of hydrogen-bond donors (Lipinski definition) is 0. The van der Waals surface area contributed by atoms with Gasteiger partial charge in [0.2, 0.25) is 0 Å². The normalized spacial score (nSPS) is 12.1. The van der Waals surface area contributed by atoms with Gasteiger partial charge in [-0.05, 0) is 33.3 Å². The van der Waals surface area contributed by atoms with Crippen molar-refractivity contribution in [1.82, 2.24) is 5.16 Å². The summed E-state index contributed by atoms with van der Waals surface area (Å²) in [5.74, 6) is 1.09. The molecule has 2 aromatic rings. The molecule has 1 aromatic heterocycles. The van der Waals surface area contributed by atoms with Crippen molar-refractivity contribution in [2.24, 2.45) is 0 Å². The van der Waals surface area contributed by atoms with Crippen LogP contribution < -0.4 is 4.74 Å². The van der Waals surface area contributed by atoms with E-state index in [2.05, 4.69) is 34.3 Å². The SMILES string of the molecule is C=C[C@H](OC)c1onc(OCc2ccccc2)c1I.